The number of halogens is 4. The van der Waals surface area contributed by atoms with Gasteiger partial charge in [-0.25, -0.2) is 5.84 Å². The molecular weight excluding hydrogens is 385 g/mol. The van der Waals surface area contributed by atoms with Crippen LogP contribution in [-0.4, -0.2) is 13.0 Å². The number of nitrogens with one attached hydrogen (secondary N) is 2. The number of nitrogens with two attached hydrogens (primary N) is 1. The van der Waals surface area contributed by atoms with Gasteiger partial charge in [-0.3, -0.25) is 10.4 Å². The summed E-state index contributed by atoms with van der Waals surface area (Å²) in [4.78, 5) is 3.83. The highest BCUT2D eigenvalue weighted by Gasteiger charge is 2.06. The lowest BCUT2D eigenvalue weighted by atomic mass is 10.3. The molecule has 1 aromatic carbocycles. The second kappa shape index (κ2) is 7.39. The van der Waals surface area contributed by atoms with E-state index in [-0.39, 0.29) is 24.0 Å². The number of benzene rings is 1. The summed E-state index contributed by atoms with van der Waals surface area (Å²) < 4.78 is 0. The highest BCUT2D eigenvalue weighted by molar-refractivity contribution is 14.0. The van der Waals surface area contributed by atoms with Crippen LogP contribution in [0.15, 0.2) is 17.1 Å². The fourth-order valence-corrected chi connectivity index (χ4v) is 1.52. The Hall–Kier alpha value is 0.0500. The van der Waals surface area contributed by atoms with Crippen LogP contribution < -0.4 is 16.6 Å². The second-order valence-corrected chi connectivity index (χ2v) is 3.79. The predicted molar refractivity (Wildman–Crippen MR) is 81.2 cm³/mol. The predicted octanol–water partition coefficient (Wildman–Crippen LogP) is 3.13. The minimum Gasteiger partial charge on any atom is -0.325 e. The van der Waals surface area contributed by atoms with Crippen LogP contribution in [0.5, 0.6) is 0 Å². The number of anilines is 1. The summed E-state index contributed by atoms with van der Waals surface area (Å²) >= 11 is 17.5. The third-order valence-corrected chi connectivity index (χ3v) is 2.80. The lowest BCUT2D eigenvalue weighted by molar-refractivity contribution is 1.01. The van der Waals surface area contributed by atoms with Crippen LogP contribution in [0.2, 0.25) is 15.1 Å². The molecule has 0 heterocycles. The first-order valence-electron chi connectivity index (χ1n) is 3.93. The summed E-state index contributed by atoms with van der Waals surface area (Å²) in [6.45, 7) is 0. The maximum absolute atomic E-state index is 5.84. The van der Waals surface area contributed by atoms with Crippen LogP contribution in [-0.2, 0) is 0 Å². The van der Waals surface area contributed by atoms with Crippen molar-refractivity contribution in [3.8, 4) is 0 Å². The van der Waals surface area contributed by atoms with Gasteiger partial charge in [0.2, 0.25) is 5.96 Å². The van der Waals surface area contributed by atoms with Crippen molar-refractivity contribution in [1.29, 1.82) is 0 Å². The van der Waals surface area contributed by atoms with Gasteiger partial charge in [-0.1, -0.05) is 34.8 Å². The SMILES string of the molecule is CN=C(NN)Nc1cc(Cl)c(Cl)c(Cl)c1.I. The number of aliphatic imine (C=N–C) groups is 1. The van der Waals surface area contributed by atoms with Crippen molar-refractivity contribution in [1.82, 2.24) is 5.43 Å². The molecule has 0 unspecified atom stereocenters. The molecule has 1 aromatic rings. The number of hydrogen-bond donors (Lipinski definition) is 3. The van der Waals surface area contributed by atoms with E-state index >= 15 is 0 Å². The van der Waals surface area contributed by atoms with E-state index in [0.29, 0.717) is 26.7 Å². The monoisotopic (exact) mass is 394 g/mol. The molecule has 0 amide bonds. The zero-order valence-electron chi connectivity index (χ0n) is 8.22. The smallest absolute Gasteiger partial charge is 0.209 e. The van der Waals surface area contributed by atoms with Gasteiger partial charge >= 0.3 is 0 Å². The van der Waals surface area contributed by atoms with E-state index in [2.05, 4.69) is 15.7 Å². The summed E-state index contributed by atoms with van der Waals surface area (Å²) in [5, 5.41) is 3.91. The highest BCUT2D eigenvalue weighted by Crippen LogP contribution is 2.32. The molecule has 4 N–H and O–H groups in total. The van der Waals surface area contributed by atoms with Crippen molar-refractivity contribution < 1.29 is 0 Å². The van der Waals surface area contributed by atoms with E-state index in [9.17, 15) is 0 Å². The Bertz CT molecular complexity index is 374. The fourth-order valence-electron chi connectivity index (χ4n) is 0.921. The van der Waals surface area contributed by atoms with E-state index < -0.39 is 0 Å². The lowest BCUT2D eigenvalue weighted by Gasteiger charge is -2.09. The van der Waals surface area contributed by atoms with E-state index in [0.717, 1.165) is 0 Å². The molecule has 0 fully saturated rings. The number of guanidine groups is 1. The molecule has 0 aliphatic carbocycles. The van der Waals surface area contributed by atoms with Crippen molar-refractivity contribution in [3.05, 3.63) is 27.2 Å². The summed E-state index contributed by atoms with van der Waals surface area (Å²) in [6, 6.07) is 3.25. The molecule has 90 valence electrons. The Morgan fingerprint density at radius 1 is 1.25 bits per heavy atom. The summed E-state index contributed by atoms with van der Waals surface area (Å²) in [6.07, 6.45) is 0. The van der Waals surface area contributed by atoms with Gasteiger partial charge < -0.3 is 5.32 Å². The molecule has 0 aliphatic heterocycles. The largest absolute Gasteiger partial charge is 0.325 e. The van der Waals surface area contributed by atoms with E-state index in [1.165, 1.54) is 0 Å². The van der Waals surface area contributed by atoms with Gasteiger partial charge in [-0.15, -0.1) is 24.0 Å². The average molecular weight is 395 g/mol. The van der Waals surface area contributed by atoms with Crippen molar-refractivity contribution in [2.24, 2.45) is 10.8 Å². The fraction of sp³-hybridized carbons (Fsp3) is 0.125. The minimum absolute atomic E-state index is 0. The van der Waals surface area contributed by atoms with Gasteiger partial charge in [0.05, 0.1) is 15.1 Å². The number of hydrogen-bond acceptors (Lipinski definition) is 2. The highest BCUT2D eigenvalue weighted by atomic mass is 127. The van der Waals surface area contributed by atoms with E-state index in [1.807, 2.05) is 0 Å². The first-order chi connectivity index (χ1) is 7.08. The molecule has 16 heavy (non-hydrogen) atoms. The van der Waals surface area contributed by atoms with Crippen molar-refractivity contribution in [3.63, 3.8) is 0 Å². The second-order valence-electron chi connectivity index (χ2n) is 2.60. The summed E-state index contributed by atoms with van der Waals surface area (Å²) in [5.41, 5.74) is 3.02. The van der Waals surface area contributed by atoms with Crippen LogP contribution in [0.4, 0.5) is 5.69 Å². The molecule has 0 saturated carbocycles. The van der Waals surface area contributed by atoms with Crippen LogP contribution in [0.25, 0.3) is 0 Å². The molecule has 0 saturated heterocycles. The molecule has 0 radical (unpaired) electrons. The van der Waals surface area contributed by atoms with Crippen molar-refractivity contribution >= 4 is 70.4 Å². The van der Waals surface area contributed by atoms with Crippen molar-refractivity contribution in [2.75, 3.05) is 12.4 Å². The molecule has 8 heteroatoms. The number of rotatable bonds is 1. The van der Waals surface area contributed by atoms with Gasteiger partial charge in [0.25, 0.3) is 0 Å². The Morgan fingerprint density at radius 2 is 1.75 bits per heavy atom. The average Bonchev–Trinajstić information content (AvgIpc) is 2.22. The zero-order valence-corrected chi connectivity index (χ0v) is 12.8. The zero-order chi connectivity index (χ0) is 11.4. The molecule has 0 aromatic heterocycles. The Balaban J connectivity index is 0.00000225. The number of nitrogens with zero attached hydrogens (tertiary/aromatic N) is 1. The Kier molecular flexibility index (Phi) is 7.41. The normalized spacial score (nSPS) is 10.7. The van der Waals surface area contributed by atoms with E-state index in [1.54, 1.807) is 19.2 Å². The third-order valence-electron chi connectivity index (χ3n) is 1.61. The molecule has 0 aliphatic rings. The van der Waals surface area contributed by atoms with Crippen LogP contribution >= 0.6 is 58.8 Å². The first-order valence-corrected chi connectivity index (χ1v) is 5.07. The minimum atomic E-state index is 0. The molecule has 4 nitrogen and oxygen atoms in total. The molecule has 0 bridgehead atoms. The maximum Gasteiger partial charge on any atom is 0.209 e. The quantitative estimate of drug-likeness (QED) is 0.171. The van der Waals surface area contributed by atoms with Gasteiger partial charge in [0.15, 0.2) is 0 Å². The Morgan fingerprint density at radius 3 is 2.12 bits per heavy atom. The Labute approximate surface area is 126 Å². The van der Waals surface area contributed by atoms with Crippen molar-refractivity contribution in [2.45, 2.75) is 0 Å². The van der Waals surface area contributed by atoms with Gasteiger partial charge in [-0.05, 0) is 12.1 Å². The summed E-state index contributed by atoms with van der Waals surface area (Å²) in [7, 11) is 1.58. The van der Waals surface area contributed by atoms with Crippen LogP contribution in [0, 0.1) is 0 Å². The number of hydrazine groups is 1. The van der Waals surface area contributed by atoms with Crippen LogP contribution in [0.1, 0.15) is 0 Å². The van der Waals surface area contributed by atoms with Gasteiger partial charge in [0.1, 0.15) is 0 Å². The lowest BCUT2D eigenvalue weighted by Crippen LogP contribution is -2.36. The maximum atomic E-state index is 5.84. The van der Waals surface area contributed by atoms with Crippen LogP contribution in [0.3, 0.4) is 0 Å². The third kappa shape index (κ3) is 4.14. The first kappa shape index (κ1) is 16.1. The van der Waals surface area contributed by atoms with Gasteiger partial charge in [-0.2, -0.15) is 0 Å². The molecule has 0 atom stereocenters. The molecular formula is C8H10Cl3IN4. The topological polar surface area (TPSA) is 62.4 Å². The van der Waals surface area contributed by atoms with E-state index in [4.69, 9.17) is 40.6 Å². The molecule has 1 rings (SSSR count). The summed E-state index contributed by atoms with van der Waals surface area (Å²) in [5.74, 6) is 5.59. The molecule has 0 spiro atoms. The standard InChI is InChI=1S/C8H9Cl3N4.HI/c1-13-8(15-12)14-4-2-5(9)7(11)6(10)3-4;/h2-3H,12H2,1H3,(H2,13,14,15);1H. The van der Waals surface area contributed by atoms with Gasteiger partial charge in [0, 0.05) is 12.7 Å².